The number of nitrogens with two attached hydrogens (primary N) is 1. The Morgan fingerprint density at radius 2 is 1.84 bits per heavy atom. The van der Waals surface area contributed by atoms with Crippen molar-refractivity contribution in [2.24, 2.45) is 17.6 Å². The minimum Gasteiger partial charge on any atom is -0.454 e. The van der Waals surface area contributed by atoms with Gasteiger partial charge in [-0.3, -0.25) is 24.1 Å². The number of imide groups is 1. The number of esters is 1. The van der Waals surface area contributed by atoms with E-state index in [1.54, 1.807) is 0 Å². The SMILES string of the molecule is C[C@@H](C(=O)OCC(=O)Nc1sc2c(c1C(N)=O)CCC2)N1C(=O)[C@H]2CC=CC[C@H]2C1=O. The normalized spacial score (nSPS) is 22.8. The molecule has 4 rings (SSSR count). The predicted octanol–water partition coefficient (Wildman–Crippen LogP) is 1.16. The number of hydrogen-bond acceptors (Lipinski definition) is 7. The van der Waals surface area contributed by atoms with Crippen molar-refractivity contribution in [2.45, 2.75) is 45.1 Å². The Hall–Kier alpha value is -3.01. The van der Waals surface area contributed by atoms with E-state index in [4.69, 9.17) is 10.5 Å². The summed E-state index contributed by atoms with van der Waals surface area (Å²) in [5, 5.41) is 2.94. The van der Waals surface area contributed by atoms with Crippen molar-refractivity contribution in [3.05, 3.63) is 28.2 Å². The van der Waals surface area contributed by atoms with Crippen LogP contribution < -0.4 is 11.1 Å². The maximum Gasteiger partial charge on any atom is 0.329 e. The molecule has 3 N–H and O–H groups in total. The average Bonchev–Trinajstić information content (AvgIpc) is 3.38. The summed E-state index contributed by atoms with van der Waals surface area (Å²) >= 11 is 1.30. The van der Waals surface area contributed by atoms with Gasteiger partial charge in [-0.1, -0.05) is 12.2 Å². The van der Waals surface area contributed by atoms with Crippen molar-refractivity contribution < 1.29 is 28.7 Å². The molecule has 0 spiro atoms. The van der Waals surface area contributed by atoms with Gasteiger partial charge in [-0.05, 0) is 44.6 Å². The average molecular weight is 445 g/mol. The van der Waals surface area contributed by atoms with Crippen LogP contribution in [0.5, 0.6) is 0 Å². The Kier molecular flexibility index (Phi) is 5.65. The van der Waals surface area contributed by atoms with Crippen LogP contribution in [0.4, 0.5) is 5.00 Å². The fraction of sp³-hybridized carbons (Fsp3) is 0.476. The van der Waals surface area contributed by atoms with Crippen molar-refractivity contribution in [2.75, 3.05) is 11.9 Å². The number of thiophene rings is 1. The Labute approximate surface area is 182 Å². The van der Waals surface area contributed by atoms with E-state index in [2.05, 4.69) is 5.32 Å². The van der Waals surface area contributed by atoms with E-state index in [1.807, 2.05) is 12.2 Å². The number of nitrogens with one attached hydrogen (secondary N) is 1. The van der Waals surface area contributed by atoms with E-state index in [1.165, 1.54) is 18.3 Å². The minimum absolute atomic E-state index is 0.315. The molecule has 31 heavy (non-hydrogen) atoms. The van der Waals surface area contributed by atoms with Gasteiger partial charge in [0.25, 0.3) is 11.8 Å². The van der Waals surface area contributed by atoms with Gasteiger partial charge in [-0.25, -0.2) is 4.79 Å². The molecule has 0 radical (unpaired) electrons. The first-order valence-electron chi connectivity index (χ1n) is 10.2. The molecule has 0 bridgehead atoms. The highest BCUT2D eigenvalue weighted by molar-refractivity contribution is 7.17. The van der Waals surface area contributed by atoms with E-state index < -0.39 is 42.3 Å². The molecule has 1 fully saturated rings. The van der Waals surface area contributed by atoms with E-state index in [9.17, 15) is 24.0 Å². The molecule has 1 aliphatic heterocycles. The zero-order valence-electron chi connectivity index (χ0n) is 17.0. The fourth-order valence-corrected chi connectivity index (χ4v) is 5.80. The second-order valence-corrected chi connectivity index (χ2v) is 9.07. The summed E-state index contributed by atoms with van der Waals surface area (Å²) < 4.78 is 5.05. The third-order valence-electron chi connectivity index (χ3n) is 6.04. The van der Waals surface area contributed by atoms with E-state index in [0.29, 0.717) is 23.4 Å². The molecule has 10 heteroatoms. The molecule has 0 saturated carbocycles. The molecule has 4 amide bonds. The van der Waals surface area contributed by atoms with Crippen LogP contribution in [0.15, 0.2) is 12.2 Å². The lowest BCUT2D eigenvalue weighted by molar-refractivity contribution is -0.159. The standard InChI is InChI=1S/C21H23N3O6S/c1-10(24-19(27)11-5-2-3-6-12(11)20(24)28)21(29)30-9-15(25)23-18-16(17(22)26)13-7-4-8-14(13)31-18/h2-3,10-12H,4-9H2,1H3,(H2,22,26)(H,23,25)/t10-,11-,12+/m0/s1. The lowest BCUT2D eigenvalue weighted by Crippen LogP contribution is -2.45. The number of allylic oxidation sites excluding steroid dienone is 2. The summed E-state index contributed by atoms with van der Waals surface area (Å²) in [6.07, 6.45) is 7.19. The molecular formula is C21H23N3O6S. The zero-order chi connectivity index (χ0) is 22.3. The summed E-state index contributed by atoms with van der Waals surface area (Å²) in [7, 11) is 0. The highest BCUT2D eigenvalue weighted by Crippen LogP contribution is 2.39. The third kappa shape index (κ3) is 3.76. The van der Waals surface area contributed by atoms with Crippen LogP contribution in [0.25, 0.3) is 0 Å². The number of aryl methyl sites for hydroxylation is 1. The van der Waals surface area contributed by atoms with Crippen molar-refractivity contribution in [3.63, 3.8) is 0 Å². The summed E-state index contributed by atoms with van der Waals surface area (Å²) in [6, 6.07) is -1.12. The highest BCUT2D eigenvalue weighted by atomic mass is 32.1. The van der Waals surface area contributed by atoms with Gasteiger partial charge >= 0.3 is 5.97 Å². The molecule has 1 aromatic heterocycles. The molecule has 3 atom stereocenters. The number of carbonyl (C=O) groups excluding carboxylic acids is 5. The number of ether oxygens (including phenoxy) is 1. The van der Waals surface area contributed by atoms with Crippen LogP contribution in [-0.2, 0) is 36.8 Å². The van der Waals surface area contributed by atoms with Crippen molar-refractivity contribution in [1.82, 2.24) is 4.90 Å². The third-order valence-corrected chi connectivity index (χ3v) is 7.24. The van der Waals surface area contributed by atoms with Gasteiger partial charge in [0.15, 0.2) is 6.61 Å². The Morgan fingerprint density at radius 3 is 2.45 bits per heavy atom. The van der Waals surface area contributed by atoms with Gasteiger partial charge in [-0.15, -0.1) is 11.3 Å². The fourth-order valence-electron chi connectivity index (χ4n) is 4.49. The van der Waals surface area contributed by atoms with Gasteiger partial charge in [-0.2, -0.15) is 0 Å². The number of likely N-dealkylation sites (tertiary alicyclic amines) is 1. The molecule has 2 aliphatic carbocycles. The molecule has 0 unspecified atom stereocenters. The van der Waals surface area contributed by atoms with Crippen LogP contribution in [0.3, 0.4) is 0 Å². The van der Waals surface area contributed by atoms with Crippen LogP contribution in [0.1, 0.15) is 47.0 Å². The number of amides is 4. The van der Waals surface area contributed by atoms with Crippen LogP contribution >= 0.6 is 11.3 Å². The van der Waals surface area contributed by atoms with E-state index in [-0.39, 0.29) is 11.8 Å². The summed E-state index contributed by atoms with van der Waals surface area (Å²) in [5.41, 5.74) is 6.66. The number of carbonyl (C=O) groups is 5. The largest absolute Gasteiger partial charge is 0.454 e. The Morgan fingerprint density at radius 1 is 1.19 bits per heavy atom. The first-order chi connectivity index (χ1) is 14.8. The smallest absolute Gasteiger partial charge is 0.329 e. The number of fused-ring (bicyclic) bond motifs is 2. The second-order valence-electron chi connectivity index (χ2n) is 7.96. The number of nitrogens with zero attached hydrogens (tertiary/aromatic N) is 1. The van der Waals surface area contributed by atoms with Gasteiger partial charge in [0.05, 0.1) is 17.4 Å². The number of anilines is 1. The Bertz CT molecular complexity index is 987. The first kappa shape index (κ1) is 21.2. The maximum atomic E-state index is 12.6. The summed E-state index contributed by atoms with van der Waals surface area (Å²) in [5.74, 6) is -3.72. The van der Waals surface area contributed by atoms with Crippen LogP contribution in [0, 0.1) is 11.8 Å². The molecule has 2 heterocycles. The summed E-state index contributed by atoms with van der Waals surface area (Å²) in [4.78, 5) is 63.7. The van der Waals surface area contributed by atoms with Crippen LogP contribution in [-0.4, -0.2) is 47.1 Å². The number of primary amides is 1. The van der Waals surface area contributed by atoms with Gasteiger partial charge in [0, 0.05) is 4.88 Å². The molecule has 9 nitrogen and oxygen atoms in total. The van der Waals surface area contributed by atoms with E-state index in [0.717, 1.165) is 34.6 Å². The molecule has 1 aromatic rings. The quantitative estimate of drug-likeness (QED) is 0.383. The molecular weight excluding hydrogens is 422 g/mol. The maximum absolute atomic E-state index is 12.6. The topological polar surface area (TPSA) is 136 Å². The van der Waals surface area contributed by atoms with Crippen molar-refractivity contribution in [3.8, 4) is 0 Å². The number of rotatable bonds is 6. The predicted molar refractivity (Wildman–Crippen MR) is 111 cm³/mol. The van der Waals surface area contributed by atoms with Crippen LogP contribution in [0.2, 0.25) is 0 Å². The minimum atomic E-state index is -1.12. The lowest BCUT2D eigenvalue weighted by atomic mass is 9.85. The molecule has 1 saturated heterocycles. The lowest BCUT2D eigenvalue weighted by Gasteiger charge is -2.21. The van der Waals surface area contributed by atoms with Gasteiger partial charge < -0.3 is 15.8 Å². The molecule has 0 aromatic carbocycles. The van der Waals surface area contributed by atoms with E-state index >= 15 is 0 Å². The zero-order valence-corrected chi connectivity index (χ0v) is 17.8. The second kappa shape index (κ2) is 8.26. The molecule has 3 aliphatic rings. The summed E-state index contributed by atoms with van der Waals surface area (Å²) in [6.45, 7) is 0.810. The van der Waals surface area contributed by atoms with Gasteiger partial charge in [0.1, 0.15) is 11.0 Å². The van der Waals surface area contributed by atoms with Crippen molar-refractivity contribution in [1.29, 1.82) is 0 Å². The number of hydrogen-bond donors (Lipinski definition) is 2. The highest BCUT2D eigenvalue weighted by Gasteiger charge is 2.50. The monoisotopic (exact) mass is 445 g/mol. The van der Waals surface area contributed by atoms with Crippen molar-refractivity contribution >= 4 is 45.9 Å². The molecule has 164 valence electrons. The Balaban J connectivity index is 1.36. The van der Waals surface area contributed by atoms with Gasteiger partial charge in [0.2, 0.25) is 11.8 Å². The first-order valence-corrected chi connectivity index (χ1v) is 11.0.